The number of primary amides is 1. The van der Waals surface area contributed by atoms with Crippen molar-refractivity contribution < 1.29 is 9.59 Å². The van der Waals surface area contributed by atoms with E-state index in [1.54, 1.807) is 31.2 Å². The molecule has 26 heavy (non-hydrogen) atoms. The average Bonchev–Trinajstić information content (AvgIpc) is 2.59. The van der Waals surface area contributed by atoms with Crippen LogP contribution in [0.2, 0.25) is 0 Å². The Bertz CT molecular complexity index is 918. The summed E-state index contributed by atoms with van der Waals surface area (Å²) in [5.74, 6) is -0.853. The van der Waals surface area contributed by atoms with Gasteiger partial charge in [0.2, 0.25) is 5.91 Å². The number of carbonyl (C=O) groups is 2. The number of rotatable bonds is 5. The molecule has 6 nitrogen and oxygen atoms in total. The SMILES string of the molecule is Cc1nc(S[C@H](C)C(=O)Nc2ccccc2C#N)c(C(N)=O)c(C)c1C. The maximum Gasteiger partial charge on any atom is 0.251 e. The van der Waals surface area contributed by atoms with Gasteiger partial charge in [0, 0.05) is 5.69 Å². The molecule has 2 amide bonds. The van der Waals surface area contributed by atoms with Gasteiger partial charge in [-0.25, -0.2) is 4.98 Å². The maximum atomic E-state index is 12.5. The van der Waals surface area contributed by atoms with Crippen LogP contribution in [0, 0.1) is 32.1 Å². The summed E-state index contributed by atoms with van der Waals surface area (Å²) in [6, 6.07) is 8.81. The number of pyridine rings is 1. The highest BCUT2D eigenvalue weighted by Gasteiger charge is 2.23. The van der Waals surface area contributed by atoms with E-state index >= 15 is 0 Å². The maximum absolute atomic E-state index is 12.5. The summed E-state index contributed by atoms with van der Waals surface area (Å²) in [7, 11) is 0. The fraction of sp³-hybridized carbons (Fsp3) is 0.263. The van der Waals surface area contributed by atoms with Gasteiger partial charge in [-0.05, 0) is 51.0 Å². The van der Waals surface area contributed by atoms with Gasteiger partial charge in [-0.15, -0.1) is 0 Å². The fourth-order valence-corrected chi connectivity index (χ4v) is 3.49. The lowest BCUT2D eigenvalue weighted by Crippen LogP contribution is -2.24. The van der Waals surface area contributed by atoms with Crippen LogP contribution in [-0.2, 0) is 4.79 Å². The van der Waals surface area contributed by atoms with Crippen LogP contribution in [0.25, 0.3) is 0 Å². The Morgan fingerprint density at radius 2 is 1.88 bits per heavy atom. The first kappa shape index (κ1) is 19.5. The van der Waals surface area contributed by atoms with Gasteiger partial charge in [0.25, 0.3) is 5.91 Å². The van der Waals surface area contributed by atoms with E-state index in [4.69, 9.17) is 11.0 Å². The second kappa shape index (κ2) is 8.02. The van der Waals surface area contributed by atoms with Gasteiger partial charge in [-0.3, -0.25) is 9.59 Å². The second-order valence-electron chi connectivity index (χ2n) is 5.90. The molecule has 3 N–H and O–H groups in total. The number of hydrogen-bond donors (Lipinski definition) is 2. The van der Waals surface area contributed by atoms with Crippen molar-refractivity contribution in [3.05, 3.63) is 52.2 Å². The highest BCUT2D eigenvalue weighted by atomic mass is 32.2. The zero-order valence-corrected chi connectivity index (χ0v) is 15.9. The summed E-state index contributed by atoms with van der Waals surface area (Å²) in [4.78, 5) is 28.8. The number of para-hydroxylation sites is 1. The zero-order valence-electron chi connectivity index (χ0n) is 15.1. The molecule has 2 rings (SSSR count). The van der Waals surface area contributed by atoms with Crippen LogP contribution in [0.4, 0.5) is 5.69 Å². The summed E-state index contributed by atoms with van der Waals surface area (Å²) >= 11 is 1.17. The van der Waals surface area contributed by atoms with Gasteiger partial charge < -0.3 is 11.1 Å². The van der Waals surface area contributed by atoms with Crippen molar-refractivity contribution in [2.75, 3.05) is 5.32 Å². The van der Waals surface area contributed by atoms with Crippen LogP contribution in [0.3, 0.4) is 0 Å². The van der Waals surface area contributed by atoms with Crippen molar-refractivity contribution in [1.82, 2.24) is 4.98 Å². The molecule has 1 atom stereocenters. The summed E-state index contributed by atoms with van der Waals surface area (Å²) in [6.07, 6.45) is 0. The highest BCUT2D eigenvalue weighted by Crippen LogP contribution is 2.30. The molecule has 0 spiro atoms. The molecule has 1 aromatic carbocycles. The number of nitrogens with one attached hydrogen (secondary N) is 1. The zero-order chi connectivity index (χ0) is 19.4. The molecule has 0 bridgehead atoms. The number of aryl methyl sites for hydroxylation is 1. The third-order valence-electron chi connectivity index (χ3n) is 4.17. The van der Waals surface area contributed by atoms with Gasteiger partial charge in [-0.1, -0.05) is 23.9 Å². The van der Waals surface area contributed by atoms with Gasteiger partial charge >= 0.3 is 0 Å². The molecule has 0 radical (unpaired) electrons. The second-order valence-corrected chi connectivity index (χ2v) is 7.23. The molecule has 2 aromatic rings. The number of aromatic nitrogens is 1. The van der Waals surface area contributed by atoms with Gasteiger partial charge in [0.05, 0.1) is 22.1 Å². The number of amides is 2. The lowest BCUT2D eigenvalue weighted by molar-refractivity contribution is -0.115. The molecule has 0 aliphatic rings. The van der Waals surface area contributed by atoms with Crippen molar-refractivity contribution in [2.45, 2.75) is 38.0 Å². The third kappa shape index (κ3) is 4.03. The smallest absolute Gasteiger partial charge is 0.251 e. The number of benzene rings is 1. The molecule has 0 saturated heterocycles. The Kier molecular flexibility index (Phi) is 6.01. The Balaban J connectivity index is 2.27. The monoisotopic (exact) mass is 368 g/mol. The van der Waals surface area contributed by atoms with Crippen LogP contribution < -0.4 is 11.1 Å². The minimum absolute atomic E-state index is 0.286. The van der Waals surface area contributed by atoms with Crippen LogP contribution in [0.5, 0.6) is 0 Å². The Hall–Kier alpha value is -2.85. The topological polar surface area (TPSA) is 109 Å². The summed E-state index contributed by atoms with van der Waals surface area (Å²) < 4.78 is 0. The van der Waals surface area contributed by atoms with E-state index in [0.717, 1.165) is 16.8 Å². The van der Waals surface area contributed by atoms with E-state index in [-0.39, 0.29) is 5.91 Å². The number of hydrogen-bond acceptors (Lipinski definition) is 5. The number of anilines is 1. The van der Waals surface area contributed by atoms with Crippen molar-refractivity contribution in [1.29, 1.82) is 5.26 Å². The number of nitriles is 1. The van der Waals surface area contributed by atoms with Crippen molar-refractivity contribution in [2.24, 2.45) is 5.73 Å². The molecule has 1 aromatic heterocycles. The third-order valence-corrected chi connectivity index (χ3v) is 5.26. The van der Waals surface area contributed by atoms with E-state index in [1.807, 2.05) is 26.8 Å². The Labute approximate surface area is 156 Å². The predicted octanol–water partition coefficient (Wildman–Crippen LogP) is 3.10. The van der Waals surface area contributed by atoms with Gasteiger partial charge in [-0.2, -0.15) is 5.26 Å². The first-order valence-corrected chi connectivity index (χ1v) is 8.88. The molecular weight excluding hydrogens is 348 g/mol. The normalized spacial score (nSPS) is 11.5. The van der Waals surface area contributed by atoms with Crippen LogP contribution in [0.15, 0.2) is 29.3 Å². The van der Waals surface area contributed by atoms with Crippen LogP contribution >= 0.6 is 11.8 Å². The quantitative estimate of drug-likeness (QED) is 0.788. The minimum atomic E-state index is -0.567. The first-order chi connectivity index (χ1) is 12.3. The van der Waals surface area contributed by atoms with E-state index < -0.39 is 11.2 Å². The van der Waals surface area contributed by atoms with Crippen molar-refractivity contribution >= 4 is 29.3 Å². The summed E-state index contributed by atoms with van der Waals surface area (Å²) in [5.41, 5.74) is 9.17. The van der Waals surface area contributed by atoms with Crippen LogP contribution in [-0.4, -0.2) is 22.0 Å². The average molecular weight is 368 g/mol. The predicted molar refractivity (Wildman–Crippen MR) is 102 cm³/mol. The summed E-state index contributed by atoms with van der Waals surface area (Å²) in [6.45, 7) is 7.27. The lowest BCUT2D eigenvalue weighted by Gasteiger charge is -2.17. The molecule has 7 heteroatoms. The molecule has 0 unspecified atom stereocenters. The molecule has 0 aliphatic carbocycles. The highest BCUT2D eigenvalue weighted by molar-refractivity contribution is 8.00. The van der Waals surface area contributed by atoms with E-state index in [1.165, 1.54) is 11.8 Å². The van der Waals surface area contributed by atoms with Crippen LogP contribution in [0.1, 0.15) is 39.7 Å². The Morgan fingerprint density at radius 3 is 2.50 bits per heavy atom. The molecular formula is C19H20N4O2S. The number of thioether (sulfide) groups is 1. The molecule has 1 heterocycles. The van der Waals surface area contributed by atoms with Crippen molar-refractivity contribution in [3.8, 4) is 6.07 Å². The number of nitrogens with two attached hydrogens (primary N) is 1. The summed E-state index contributed by atoms with van der Waals surface area (Å²) in [5, 5.41) is 11.8. The number of carbonyl (C=O) groups excluding carboxylic acids is 2. The van der Waals surface area contributed by atoms with E-state index in [9.17, 15) is 9.59 Å². The molecule has 0 aliphatic heterocycles. The lowest BCUT2D eigenvalue weighted by atomic mass is 10.0. The van der Waals surface area contributed by atoms with Crippen molar-refractivity contribution in [3.63, 3.8) is 0 Å². The molecule has 0 saturated carbocycles. The molecule has 134 valence electrons. The van der Waals surface area contributed by atoms with E-state index in [2.05, 4.69) is 10.3 Å². The van der Waals surface area contributed by atoms with Gasteiger partial charge in [0.1, 0.15) is 11.1 Å². The Morgan fingerprint density at radius 1 is 1.23 bits per heavy atom. The largest absolute Gasteiger partial charge is 0.366 e. The molecule has 0 fully saturated rings. The van der Waals surface area contributed by atoms with Gasteiger partial charge in [0.15, 0.2) is 0 Å². The fourth-order valence-electron chi connectivity index (χ4n) is 2.43. The minimum Gasteiger partial charge on any atom is -0.366 e. The number of nitrogens with zero attached hydrogens (tertiary/aromatic N) is 2. The first-order valence-electron chi connectivity index (χ1n) is 8.00. The van der Waals surface area contributed by atoms with E-state index in [0.29, 0.717) is 21.8 Å². The standard InChI is InChI=1S/C19H20N4O2S/c1-10-11(2)16(17(21)24)19(22-12(10)3)26-13(4)18(25)23-15-8-6-5-7-14(15)9-20/h5-8,13H,1-4H3,(H2,21,24)(H,23,25)/t13-/m1/s1.